The van der Waals surface area contributed by atoms with Gasteiger partial charge in [0.2, 0.25) is 5.91 Å². The Morgan fingerprint density at radius 2 is 1.82 bits per heavy atom. The third-order valence-corrected chi connectivity index (χ3v) is 8.74. The summed E-state index contributed by atoms with van der Waals surface area (Å²) in [5.74, 6) is 2.87. The minimum absolute atomic E-state index is 0.0944. The molecule has 0 aliphatic heterocycles. The number of benzene rings is 1. The third kappa shape index (κ3) is 4.54. The fourth-order valence-electron chi connectivity index (χ4n) is 6.91. The van der Waals surface area contributed by atoms with Gasteiger partial charge in [-0.25, -0.2) is 4.98 Å². The lowest BCUT2D eigenvalue weighted by Gasteiger charge is -2.57. The Hall–Kier alpha value is -2.36. The molecule has 172 valence electrons. The molecule has 0 saturated heterocycles. The van der Waals surface area contributed by atoms with Crippen LogP contribution in [0.15, 0.2) is 35.4 Å². The zero-order chi connectivity index (χ0) is 23.0. The average Bonchev–Trinajstić information content (AvgIpc) is 2.77. The summed E-state index contributed by atoms with van der Waals surface area (Å²) in [5.41, 5.74) is 4.76. The van der Waals surface area contributed by atoms with Crippen LogP contribution in [-0.4, -0.2) is 23.8 Å². The monoisotopic (exact) mass is 461 g/mol. The number of nitriles is 1. The van der Waals surface area contributed by atoms with E-state index in [1.807, 2.05) is 13.0 Å². The second-order valence-electron chi connectivity index (χ2n) is 10.3. The number of carbonyl (C=O) groups is 1. The van der Waals surface area contributed by atoms with Gasteiger partial charge in [-0.2, -0.15) is 5.26 Å². The Bertz CT molecular complexity index is 1050. The van der Waals surface area contributed by atoms with Gasteiger partial charge in [-0.15, -0.1) is 0 Å². The number of hydrogen-bond donors (Lipinski definition) is 1. The molecule has 1 N–H and O–H groups in total. The molecule has 0 radical (unpaired) electrons. The Labute approximate surface area is 200 Å². The van der Waals surface area contributed by atoms with Gasteiger partial charge in [0.25, 0.3) is 0 Å². The lowest BCUT2D eigenvalue weighted by atomic mass is 9.48. The van der Waals surface area contributed by atoms with Crippen molar-refractivity contribution in [3.8, 4) is 6.07 Å². The van der Waals surface area contributed by atoms with Crippen molar-refractivity contribution in [2.24, 2.45) is 17.8 Å². The van der Waals surface area contributed by atoms with Gasteiger partial charge >= 0.3 is 0 Å². The molecule has 2 aromatic rings. The average molecular weight is 462 g/mol. The molecule has 4 fully saturated rings. The molecule has 1 aromatic heterocycles. The molecule has 0 unspecified atom stereocenters. The van der Waals surface area contributed by atoms with Gasteiger partial charge in [0.05, 0.1) is 17.9 Å². The van der Waals surface area contributed by atoms with Crippen molar-refractivity contribution in [3.05, 3.63) is 52.7 Å². The first-order valence-electron chi connectivity index (χ1n) is 11.9. The van der Waals surface area contributed by atoms with Crippen LogP contribution >= 0.6 is 11.8 Å². The number of carbonyl (C=O) groups excluding carboxylic acids is 1. The molecule has 0 spiro atoms. The van der Waals surface area contributed by atoms with E-state index in [1.54, 1.807) is 7.11 Å². The first-order valence-corrected chi connectivity index (χ1v) is 12.9. The smallest absolute Gasteiger partial charge is 0.234 e. The molecule has 4 aliphatic rings. The Balaban J connectivity index is 1.22. The lowest BCUT2D eigenvalue weighted by Crippen LogP contribution is -2.48. The topological polar surface area (TPSA) is 75.0 Å². The zero-order valence-corrected chi connectivity index (χ0v) is 20.2. The molecule has 4 bridgehead atoms. The summed E-state index contributed by atoms with van der Waals surface area (Å²) in [6, 6.07) is 12.7. The molecule has 1 aromatic carbocycles. The highest BCUT2D eigenvalue weighted by molar-refractivity contribution is 8.00. The van der Waals surface area contributed by atoms with Gasteiger partial charge in [0, 0.05) is 18.5 Å². The first kappa shape index (κ1) is 22.4. The van der Waals surface area contributed by atoms with Gasteiger partial charge in [0.1, 0.15) is 11.1 Å². The van der Waals surface area contributed by atoms with Crippen LogP contribution in [-0.2, 0) is 21.6 Å². The number of aromatic nitrogens is 1. The Morgan fingerprint density at radius 1 is 1.18 bits per heavy atom. The summed E-state index contributed by atoms with van der Waals surface area (Å²) in [4.78, 5) is 17.1. The molecule has 6 rings (SSSR count). The summed E-state index contributed by atoms with van der Waals surface area (Å²) < 4.78 is 5.20. The van der Waals surface area contributed by atoms with Crippen molar-refractivity contribution >= 4 is 23.4 Å². The highest BCUT2D eigenvalue weighted by Crippen LogP contribution is 2.60. The van der Waals surface area contributed by atoms with E-state index in [2.05, 4.69) is 40.6 Å². The van der Waals surface area contributed by atoms with Crippen molar-refractivity contribution in [2.45, 2.75) is 62.5 Å². The normalized spacial score (nSPS) is 27.4. The maximum absolute atomic E-state index is 12.6. The van der Waals surface area contributed by atoms with Gasteiger partial charge in [-0.1, -0.05) is 23.9 Å². The molecule has 5 nitrogen and oxygen atoms in total. The Morgan fingerprint density at radius 3 is 2.39 bits per heavy atom. The molecular weight excluding hydrogens is 430 g/mol. The van der Waals surface area contributed by atoms with Crippen LogP contribution in [0.1, 0.15) is 60.9 Å². The van der Waals surface area contributed by atoms with Crippen LogP contribution in [0, 0.1) is 36.0 Å². The molecule has 4 saturated carbocycles. The number of nitrogens with one attached hydrogen (secondary N) is 1. The molecular formula is C27H31N3O2S. The van der Waals surface area contributed by atoms with Crippen molar-refractivity contribution in [1.82, 2.24) is 4.98 Å². The number of nitrogens with zero attached hydrogens (tertiary/aromatic N) is 2. The molecule has 1 amide bonds. The minimum atomic E-state index is -0.0944. The summed E-state index contributed by atoms with van der Waals surface area (Å²) in [6.45, 7) is 2.23. The van der Waals surface area contributed by atoms with Gasteiger partial charge in [0.15, 0.2) is 0 Å². The predicted octanol–water partition coefficient (Wildman–Crippen LogP) is 5.61. The quantitative estimate of drug-likeness (QED) is 0.543. The number of anilines is 1. The molecule has 1 heterocycles. The summed E-state index contributed by atoms with van der Waals surface area (Å²) in [5, 5.41) is 13.2. The zero-order valence-electron chi connectivity index (χ0n) is 19.4. The third-order valence-electron chi connectivity index (χ3n) is 7.77. The van der Waals surface area contributed by atoms with Crippen molar-refractivity contribution in [1.29, 1.82) is 5.26 Å². The van der Waals surface area contributed by atoms with E-state index < -0.39 is 0 Å². The SMILES string of the molecule is COCc1cc(C)nc(SCC(=O)Nc2ccc(C34CC5CC(CC(C5)C3)C4)cc2)c1C#N. The number of hydrogen-bond acceptors (Lipinski definition) is 5. The molecule has 33 heavy (non-hydrogen) atoms. The van der Waals surface area contributed by atoms with E-state index in [0.29, 0.717) is 22.6 Å². The number of ether oxygens (including phenoxy) is 1. The number of thioether (sulfide) groups is 1. The second-order valence-corrected chi connectivity index (χ2v) is 11.2. The second kappa shape index (κ2) is 9.12. The maximum Gasteiger partial charge on any atom is 0.234 e. The van der Waals surface area contributed by atoms with Crippen molar-refractivity contribution in [2.75, 3.05) is 18.2 Å². The number of amides is 1. The number of pyridine rings is 1. The van der Waals surface area contributed by atoms with E-state index in [1.165, 1.54) is 55.9 Å². The molecule has 6 heteroatoms. The van der Waals surface area contributed by atoms with Crippen LogP contribution in [0.4, 0.5) is 5.69 Å². The summed E-state index contributed by atoms with van der Waals surface area (Å²) in [7, 11) is 1.60. The first-order chi connectivity index (χ1) is 16.0. The van der Waals surface area contributed by atoms with E-state index in [0.717, 1.165) is 34.7 Å². The minimum Gasteiger partial charge on any atom is -0.380 e. The highest BCUT2D eigenvalue weighted by atomic mass is 32.2. The largest absolute Gasteiger partial charge is 0.380 e. The molecule has 4 aliphatic carbocycles. The van der Waals surface area contributed by atoms with Crippen LogP contribution in [0.25, 0.3) is 0 Å². The van der Waals surface area contributed by atoms with Gasteiger partial charge in [-0.3, -0.25) is 4.79 Å². The van der Waals surface area contributed by atoms with E-state index in [4.69, 9.17) is 4.74 Å². The van der Waals surface area contributed by atoms with E-state index >= 15 is 0 Å². The van der Waals surface area contributed by atoms with Gasteiger partial charge in [-0.05, 0) is 97.9 Å². The summed E-state index contributed by atoms with van der Waals surface area (Å²) in [6.07, 6.45) is 8.37. The van der Waals surface area contributed by atoms with E-state index in [9.17, 15) is 10.1 Å². The van der Waals surface area contributed by atoms with Crippen LogP contribution in [0.5, 0.6) is 0 Å². The fraction of sp³-hybridized carbons (Fsp3) is 0.519. The van der Waals surface area contributed by atoms with Gasteiger partial charge < -0.3 is 10.1 Å². The van der Waals surface area contributed by atoms with Crippen molar-refractivity contribution < 1.29 is 9.53 Å². The van der Waals surface area contributed by atoms with E-state index in [-0.39, 0.29) is 11.7 Å². The number of aryl methyl sites for hydroxylation is 1. The number of methoxy groups -OCH3 is 1. The van der Waals surface area contributed by atoms with Crippen molar-refractivity contribution in [3.63, 3.8) is 0 Å². The predicted molar refractivity (Wildman–Crippen MR) is 130 cm³/mol. The standard InChI is InChI=1S/C27H31N3O2S/c1-17-7-21(15-32-2)24(14-28)26(29-17)33-16-25(31)30-23-5-3-22(4-6-23)27-11-18-8-19(12-27)10-20(9-18)13-27/h3-7,18-20H,8-13,15-16H2,1-2H3,(H,30,31). The Kier molecular flexibility index (Phi) is 6.20. The lowest BCUT2D eigenvalue weighted by molar-refractivity contribution is -0.113. The van der Waals surface area contributed by atoms with Crippen LogP contribution in [0.2, 0.25) is 0 Å². The maximum atomic E-state index is 12.6. The summed E-state index contributed by atoms with van der Waals surface area (Å²) >= 11 is 1.29. The number of rotatable bonds is 7. The molecule has 0 atom stereocenters. The van der Waals surface area contributed by atoms with Crippen LogP contribution < -0.4 is 5.32 Å². The highest BCUT2D eigenvalue weighted by Gasteiger charge is 2.51. The fourth-order valence-corrected chi connectivity index (χ4v) is 7.78. The van der Waals surface area contributed by atoms with Crippen LogP contribution in [0.3, 0.4) is 0 Å².